The van der Waals surface area contributed by atoms with Gasteiger partial charge in [0.25, 0.3) is 0 Å². The van der Waals surface area contributed by atoms with Crippen LogP contribution in [0.4, 0.5) is 11.4 Å². The van der Waals surface area contributed by atoms with Crippen molar-refractivity contribution in [3.05, 3.63) is 32.2 Å². The summed E-state index contributed by atoms with van der Waals surface area (Å²) in [6, 6.07) is 3.14. The molecule has 0 radical (unpaired) electrons. The zero-order valence-corrected chi connectivity index (χ0v) is 19.3. The van der Waals surface area contributed by atoms with Crippen LogP contribution in [0.15, 0.2) is 12.1 Å². The lowest BCUT2D eigenvalue weighted by Crippen LogP contribution is -2.08. The van der Waals surface area contributed by atoms with Crippen molar-refractivity contribution >= 4 is 63.7 Å². The highest BCUT2D eigenvalue weighted by atomic mass is 35.5. The van der Waals surface area contributed by atoms with Crippen LogP contribution in [0.5, 0.6) is 23.0 Å². The zero-order chi connectivity index (χ0) is 22.3. The molecule has 7 nitrogen and oxygen atoms in total. The minimum Gasteiger partial charge on any atom is -0.495 e. The Balaban J connectivity index is 0.000000296. The van der Waals surface area contributed by atoms with Crippen LogP contribution in [0.3, 0.4) is 0 Å². The number of carbonyl (C=O) groups excluding carboxylic acids is 1. The van der Waals surface area contributed by atoms with Gasteiger partial charge in [0.1, 0.15) is 43.1 Å². The molecule has 2 rings (SSSR count). The number of amides is 1. The first-order chi connectivity index (χ1) is 13.6. The molecule has 29 heavy (non-hydrogen) atoms. The molecule has 0 fully saturated rings. The Bertz CT molecular complexity index is 837. The number of carbonyl (C=O) groups is 1. The predicted molar refractivity (Wildman–Crippen MR) is 118 cm³/mol. The predicted octanol–water partition coefficient (Wildman–Crippen LogP) is 5.56. The lowest BCUT2D eigenvalue weighted by molar-refractivity contribution is -0.114. The summed E-state index contributed by atoms with van der Waals surface area (Å²) >= 11 is 23.7. The molecule has 3 N–H and O–H groups in total. The van der Waals surface area contributed by atoms with E-state index in [1.165, 1.54) is 35.4 Å². The van der Waals surface area contributed by atoms with E-state index in [0.717, 1.165) is 0 Å². The van der Waals surface area contributed by atoms with E-state index in [-0.39, 0.29) is 27.3 Å². The number of nitrogen functional groups attached to an aromatic ring is 1. The van der Waals surface area contributed by atoms with Crippen LogP contribution >= 0.6 is 46.4 Å². The maximum absolute atomic E-state index is 11.0. The van der Waals surface area contributed by atoms with Crippen LogP contribution in [-0.2, 0) is 4.79 Å². The monoisotopic (exact) mass is 484 g/mol. The third kappa shape index (κ3) is 6.02. The molecule has 1 amide bonds. The van der Waals surface area contributed by atoms with E-state index in [2.05, 4.69) is 5.32 Å². The van der Waals surface area contributed by atoms with Crippen molar-refractivity contribution in [2.45, 2.75) is 6.92 Å². The molecule has 0 atom stereocenters. The highest BCUT2D eigenvalue weighted by molar-refractivity contribution is 6.42. The van der Waals surface area contributed by atoms with Crippen molar-refractivity contribution in [2.24, 2.45) is 0 Å². The van der Waals surface area contributed by atoms with Crippen LogP contribution < -0.4 is 30.0 Å². The van der Waals surface area contributed by atoms with Crippen molar-refractivity contribution in [3.8, 4) is 23.0 Å². The summed E-state index contributed by atoms with van der Waals surface area (Å²) in [4.78, 5) is 11.0. The zero-order valence-electron chi connectivity index (χ0n) is 16.3. The average Bonchev–Trinajstić information content (AvgIpc) is 2.70. The number of nitrogens with two attached hydrogens (primary N) is 1. The van der Waals surface area contributed by atoms with E-state index in [1.54, 1.807) is 12.1 Å². The van der Waals surface area contributed by atoms with Crippen LogP contribution in [-0.4, -0.2) is 34.3 Å². The molecule has 11 heteroatoms. The summed E-state index contributed by atoms with van der Waals surface area (Å²) in [5.41, 5.74) is 6.16. The molecule has 0 saturated heterocycles. The number of anilines is 2. The topological polar surface area (TPSA) is 92.0 Å². The van der Waals surface area contributed by atoms with Gasteiger partial charge in [-0.3, -0.25) is 4.79 Å². The third-order valence-electron chi connectivity index (χ3n) is 3.48. The van der Waals surface area contributed by atoms with E-state index in [1.807, 2.05) is 0 Å². The molecule has 0 aromatic heterocycles. The fraction of sp³-hybridized carbons (Fsp3) is 0.278. The standard InChI is InChI=1S/C10H11Cl2NO3.C8H9Cl2NO2/c1-5(14)13-10-8(11)6(15-2)4-7(16-3)9(10)12;1-12-4-3-5(13-2)7(10)8(11)6(4)9/h4H,1-3H3,(H,13,14);3H,11H2,1-2H3. The largest absolute Gasteiger partial charge is 0.495 e. The molecule has 0 heterocycles. The third-order valence-corrected chi connectivity index (χ3v) is 5.01. The van der Waals surface area contributed by atoms with Crippen LogP contribution in [0, 0.1) is 0 Å². The Morgan fingerprint density at radius 3 is 1.34 bits per heavy atom. The fourth-order valence-corrected chi connectivity index (χ4v) is 3.17. The molecule has 2 aromatic carbocycles. The molecule has 0 aliphatic carbocycles. The van der Waals surface area contributed by atoms with Gasteiger partial charge >= 0.3 is 0 Å². The van der Waals surface area contributed by atoms with Crippen molar-refractivity contribution in [1.29, 1.82) is 0 Å². The van der Waals surface area contributed by atoms with Gasteiger partial charge in [-0.25, -0.2) is 0 Å². The Labute approximate surface area is 188 Å². The Hall–Kier alpha value is -1.93. The quantitative estimate of drug-likeness (QED) is 0.538. The Morgan fingerprint density at radius 2 is 1.07 bits per heavy atom. The molecule has 0 aliphatic heterocycles. The number of nitrogens with one attached hydrogen (secondary N) is 1. The molecular weight excluding hydrogens is 466 g/mol. The minimum atomic E-state index is -0.279. The maximum atomic E-state index is 11.0. The summed E-state index contributed by atoms with van der Waals surface area (Å²) in [6.45, 7) is 1.36. The van der Waals surface area contributed by atoms with Gasteiger partial charge in [0.05, 0.1) is 39.8 Å². The van der Waals surface area contributed by atoms with E-state index < -0.39 is 0 Å². The van der Waals surface area contributed by atoms with E-state index in [4.69, 9.17) is 71.1 Å². The second-order valence-electron chi connectivity index (χ2n) is 5.29. The molecule has 0 bridgehead atoms. The number of benzene rings is 2. The number of hydrogen-bond acceptors (Lipinski definition) is 6. The molecule has 160 valence electrons. The van der Waals surface area contributed by atoms with E-state index >= 15 is 0 Å². The van der Waals surface area contributed by atoms with Crippen LogP contribution in [0.1, 0.15) is 6.92 Å². The molecular formula is C18H20Cl4N2O5. The van der Waals surface area contributed by atoms with E-state index in [9.17, 15) is 4.79 Å². The highest BCUT2D eigenvalue weighted by Crippen LogP contribution is 2.44. The summed E-state index contributed by atoms with van der Waals surface area (Å²) < 4.78 is 20.0. The Morgan fingerprint density at radius 1 is 0.759 bits per heavy atom. The first-order valence-corrected chi connectivity index (χ1v) is 9.36. The van der Waals surface area contributed by atoms with Crippen LogP contribution in [0.2, 0.25) is 20.1 Å². The van der Waals surface area contributed by atoms with Crippen molar-refractivity contribution < 1.29 is 23.7 Å². The van der Waals surface area contributed by atoms with Gasteiger partial charge in [-0.15, -0.1) is 0 Å². The average molecular weight is 486 g/mol. The normalized spacial score (nSPS) is 9.83. The minimum absolute atomic E-state index is 0.239. The SMILES string of the molecule is COc1cc(OC)c(Cl)c(N)c1Cl.COc1cc(OC)c(Cl)c(NC(C)=O)c1Cl. The summed E-state index contributed by atoms with van der Waals surface area (Å²) in [5.74, 6) is 1.37. The van der Waals surface area contributed by atoms with Gasteiger partial charge in [-0.1, -0.05) is 46.4 Å². The summed E-state index contributed by atoms with van der Waals surface area (Å²) in [6.07, 6.45) is 0. The smallest absolute Gasteiger partial charge is 0.221 e. The number of hydrogen-bond donors (Lipinski definition) is 2. The molecule has 0 saturated carbocycles. The Kier molecular flexibility index (Phi) is 9.79. The molecule has 0 aliphatic rings. The first-order valence-electron chi connectivity index (χ1n) is 7.85. The number of rotatable bonds is 5. The lowest BCUT2D eigenvalue weighted by atomic mass is 10.2. The summed E-state index contributed by atoms with van der Waals surface area (Å²) in [7, 11) is 5.92. The van der Waals surface area contributed by atoms with Gasteiger partial charge in [-0.2, -0.15) is 0 Å². The molecule has 0 spiro atoms. The van der Waals surface area contributed by atoms with Crippen molar-refractivity contribution in [2.75, 3.05) is 39.5 Å². The lowest BCUT2D eigenvalue weighted by Gasteiger charge is -2.14. The highest BCUT2D eigenvalue weighted by Gasteiger charge is 2.17. The van der Waals surface area contributed by atoms with Gasteiger partial charge in [0.15, 0.2) is 0 Å². The van der Waals surface area contributed by atoms with Crippen molar-refractivity contribution in [1.82, 2.24) is 0 Å². The maximum Gasteiger partial charge on any atom is 0.221 e. The van der Waals surface area contributed by atoms with E-state index in [0.29, 0.717) is 33.0 Å². The van der Waals surface area contributed by atoms with Gasteiger partial charge < -0.3 is 30.0 Å². The molecule has 0 unspecified atom stereocenters. The number of methoxy groups -OCH3 is 4. The number of halogens is 4. The second kappa shape index (κ2) is 11.3. The molecule has 2 aromatic rings. The van der Waals surface area contributed by atoms with Gasteiger partial charge in [-0.05, 0) is 0 Å². The van der Waals surface area contributed by atoms with Crippen molar-refractivity contribution in [3.63, 3.8) is 0 Å². The first kappa shape index (κ1) is 25.1. The van der Waals surface area contributed by atoms with Gasteiger partial charge in [0.2, 0.25) is 5.91 Å². The fourth-order valence-electron chi connectivity index (χ4n) is 2.08. The summed E-state index contributed by atoms with van der Waals surface area (Å²) in [5, 5.41) is 3.61. The van der Waals surface area contributed by atoms with Gasteiger partial charge in [0, 0.05) is 19.1 Å². The van der Waals surface area contributed by atoms with Crippen LogP contribution in [0.25, 0.3) is 0 Å². The second-order valence-corrected chi connectivity index (χ2v) is 6.80. The number of ether oxygens (including phenoxy) is 4.